The molecule has 0 saturated heterocycles. The van der Waals surface area contributed by atoms with Crippen LogP contribution in [0.5, 0.6) is 0 Å². The number of nitrogens with zero attached hydrogens (tertiary/aromatic N) is 1. The standard InChI is InChI=1S/C10H11F4NO2S/c1-2-7-15(18(16,17)10(12,13)14)9-6-4-3-5-8(9)11/h3-6H,2,7H2,1H3. The van der Waals surface area contributed by atoms with Crippen molar-refractivity contribution in [2.45, 2.75) is 18.9 Å². The molecule has 0 aliphatic heterocycles. The molecule has 102 valence electrons. The Kier molecular flexibility index (Phi) is 4.20. The van der Waals surface area contributed by atoms with Crippen molar-refractivity contribution in [1.82, 2.24) is 0 Å². The van der Waals surface area contributed by atoms with E-state index in [2.05, 4.69) is 0 Å². The van der Waals surface area contributed by atoms with Crippen LogP contribution in [0.4, 0.5) is 23.2 Å². The molecule has 0 atom stereocenters. The van der Waals surface area contributed by atoms with Crippen molar-refractivity contribution < 1.29 is 26.0 Å². The van der Waals surface area contributed by atoms with Crippen molar-refractivity contribution in [3.8, 4) is 0 Å². The number of anilines is 1. The number of para-hydroxylation sites is 1. The molecule has 1 rings (SSSR count). The van der Waals surface area contributed by atoms with Gasteiger partial charge in [0, 0.05) is 6.54 Å². The lowest BCUT2D eigenvalue weighted by molar-refractivity contribution is -0.0438. The minimum Gasteiger partial charge on any atom is -0.260 e. The Bertz CT molecular complexity index is 513. The van der Waals surface area contributed by atoms with Gasteiger partial charge in [-0.05, 0) is 18.6 Å². The highest BCUT2D eigenvalue weighted by atomic mass is 32.2. The Morgan fingerprint density at radius 2 is 1.78 bits per heavy atom. The van der Waals surface area contributed by atoms with Crippen LogP contribution in [0.3, 0.4) is 0 Å². The molecule has 0 spiro atoms. The molecule has 0 heterocycles. The molecular formula is C10H11F4NO2S. The van der Waals surface area contributed by atoms with Gasteiger partial charge < -0.3 is 0 Å². The molecule has 0 unspecified atom stereocenters. The maximum atomic E-state index is 13.4. The number of rotatable bonds is 4. The molecule has 1 aromatic carbocycles. The summed E-state index contributed by atoms with van der Waals surface area (Å²) in [6, 6.07) is 4.44. The van der Waals surface area contributed by atoms with E-state index in [0.29, 0.717) is 0 Å². The van der Waals surface area contributed by atoms with Crippen LogP contribution in [0.1, 0.15) is 13.3 Å². The molecule has 8 heteroatoms. The van der Waals surface area contributed by atoms with Crippen molar-refractivity contribution in [3.05, 3.63) is 30.1 Å². The molecule has 0 aliphatic carbocycles. The lowest BCUT2D eigenvalue weighted by atomic mass is 10.3. The van der Waals surface area contributed by atoms with E-state index >= 15 is 0 Å². The molecule has 18 heavy (non-hydrogen) atoms. The fourth-order valence-corrected chi connectivity index (χ4v) is 2.43. The Morgan fingerprint density at radius 1 is 1.22 bits per heavy atom. The number of alkyl halides is 3. The Hall–Kier alpha value is -1.31. The molecule has 0 aromatic heterocycles. The third kappa shape index (κ3) is 2.74. The molecule has 0 radical (unpaired) electrons. The van der Waals surface area contributed by atoms with Gasteiger partial charge in [0.15, 0.2) is 0 Å². The number of benzene rings is 1. The topological polar surface area (TPSA) is 37.4 Å². The third-order valence-electron chi connectivity index (χ3n) is 2.13. The minimum atomic E-state index is -5.58. The van der Waals surface area contributed by atoms with E-state index in [1.165, 1.54) is 19.1 Å². The number of hydrogen-bond donors (Lipinski definition) is 0. The molecule has 0 aliphatic rings. The Balaban J connectivity index is 3.33. The quantitative estimate of drug-likeness (QED) is 0.798. The van der Waals surface area contributed by atoms with Crippen LogP contribution >= 0.6 is 0 Å². The van der Waals surface area contributed by atoms with Gasteiger partial charge in [0.2, 0.25) is 0 Å². The van der Waals surface area contributed by atoms with Gasteiger partial charge in [-0.25, -0.2) is 4.39 Å². The molecule has 1 aromatic rings. The number of sulfonamides is 1. The summed E-state index contributed by atoms with van der Waals surface area (Å²) in [6.45, 7) is 1.06. The van der Waals surface area contributed by atoms with Crippen molar-refractivity contribution in [2.24, 2.45) is 0 Å². The van der Waals surface area contributed by atoms with E-state index in [1.54, 1.807) is 0 Å². The van der Waals surface area contributed by atoms with Crippen molar-refractivity contribution in [3.63, 3.8) is 0 Å². The van der Waals surface area contributed by atoms with E-state index in [1.807, 2.05) is 0 Å². The second kappa shape index (κ2) is 5.13. The molecular weight excluding hydrogens is 274 g/mol. The van der Waals surface area contributed by atoms with E-state index < -0.39 is 33.6 Å². The average molecular weight is 285 g/mol. The maximum absolute atomic E-state index is 13.4. The van der Waals surface area contributed by atoms with Crippen LogP contribution in [0.2, 0.25) is 0 Å². The number of halogens is 4. The summed E-state index contributed by atoms with van der Waals surface area (Å²) in [5.41, 5.74) is -6.05. The van der Waals surface area contributed by atoms with Crippen molar-refractivity contribution in [1.29, 1.82) is 0 Å². The zero-order chi connectivity index (χ0) is 14.0. The van der Waals surface area contributed by atoms with E-state index in [4.69, 9.17) is 0 Å². The highest BCUT2D eigenvalue weighted by molar-refractivity contribution is 7.93. The Morgan fingerprint density at radius 3 is 2.22 bits per heavy atom. The van der Waals surface area contributed by atoms with Crippen LogP contribution in [0.25, 0.3) is 0 Å². The monoisotopic (exact) mass is 285 g/mol. The molecule has 0 amide bonds. The first-order valence-electron chi connectivity index (χ1n) is 5.05. The molecule has 0 fully saturated rings. The smallest absolute Gasteiger partial charge is 0.260 e. The number of hydrogen-bond acceptors (Lipinski definition) is 2. The van der Waals surface area contributed by atoms with Crippen molar-refractivity contribution in [2.75, 3.05) is 10.8 Å². The first-order chi connectivity index (χ1) is 8.21. The highest BCUT2D eigenvalue weighted by Crippen LogP contribution is 2.32. The summed E-state index contributed by atoms with van der Waals surface area (Å²) < 4.78 is 73.5. The fourth-order valence-electron chi connectivity index (χ4n) is 1.35. The van der Waals surface area contributed by atoms with Crippen LogP contribution < -0.4 is 4.31 Å². The summed E-state index contributed by atoms with van der Waals surface area (Å²) >= 11 is 0. The zero-order valence-electron chi connectivity index (χ0n) is 9.41. The predicted molar refractivity (Wildman–Crippen MR) is 59.0 cm³/mol. The van der Waals surface area contributed by atoms with E-state index in [0.717, 1.165) is 12.1 Å². The van der Waals surface area contributed by atoms with Gasteiger partial charge in [-0.1, -0.05) is 19.1 Å². The SMILES string of the molecule is CCCN(c1ccccc1F)S(=O)(=O)C(F)(F)F. The minimum absolute atomic E-state index is 0.0440. The maximum Gasteiger partial charge on any atom is 0.516 e. The fraction of sp³-hybridized carbons (Fsp3) is 0.400. The van der Waals surface area contributed by atoms with Crippen LogP contribution in [0.15, 0.2) is 24.3 Å². The van der Waals surface area contributed by atoms with Crippen LogP contribution in [-0.4, -0.2) is 20.5 Å². The second-order valence-electron chi connectivity index (χ2n) is 3.47. The Labute approximate surface area is 102 Å². The van der Waals surface area contributed by atoms with Gasteiger partial charge in [0.25, 0.3) is 0 Å². The first-order valence-corrected chi connectivity index (χ1v) is 6.49. The molecule has 0 N–H and O–H groups in total. The largest absolute Gasteiger partial charge is 0.516 e. The summed E-state index contributed by atoms with van der Waals surface area (Å²) in [5, 5.41) is 0. The van der Waals surface area contributed by atoms with Gasteiger partial charge in [-0.15, -0.1) is 0 Å². The van der Waals surface area contributed by atoms with Gasteiger partial charge in [0.05, 0.1) is 5.69 Å². The van der Waals surface area contributed by atoms with Crippen molar-refractivity contribution >= 4 is 15.7 Å². The lowest BCUT2D eigenvalue weighted by Gasteiger charge is -2.25. The molecule has 3 nitrogen and oxygen atoms in total. The normalized spacial score (nSPS) is 12.5. The molecule has 0 bridgehead atoms. The average Bonchev–Trinajstić information content (AvgIpc) is 2.25. The van der Waals surface area contributed by atoms with Gasteiger partial charge in [-0.3, -0.25) is 4.31 Å². The van der Waals surface area contributed by atoms with Gasteiger partial charge in [0.1, 0.15) is 5.82 Å². The predicted octanol–water partition coefficient (Wildman–Crippen LogP) is 2.89. The van der Waals surface area contributed by atoms with Crippen LogP contribution in [0, 0.1) is 5.82 Å². The summed E-state index contributed by atoms with van der Waals surface area (Å²) in [4.78, 5) is 0. The highest BCUT2D eigenvalue weighted by Gasteiger charge is 2.50. The zero-order valence-corrected chi connectivity index (χ0v) is 10.2. The third-order valence-corrected chi connectivity index (χ3v) is 3.68. The summed E-state index contributed by atoms with van der Waals surface area (Å²) in [7, 11) is -5.58. The first kappa shape index (κ1) is 14.7. The lowest BCUT2D eigenvalue weighted by Crippen LogP contribution is -2.41. The van der Waals surface area contributed by atoms with E-state index in [9.17, 15) is 26.0 Å². The van der Waals surface area contributed by atoms with Gasteiger partial charge >= 0.3 is 15.5 Å². The molecule has 0 saturated carbocycles. The second-order valence-corrected chi connectivity index (χ2v) is 5.33. The van der Waals surface area contributed by atoms with Crippen LogP contribution in [-0.2, 0) is 10.0 Å². The summed E-state index contributed by atoms with van der Waals surface area (Å²) in [5.74, 6) is -1.02. The summed E-state index contributed by atoms with van der Waals surface area (Å²) in [6.07, 6.45) is 0.129. The van der Waals surface area contributed by atoms with E-state index in [-0.39, 0.29) is 10.7 Å². The van der Waals surface area contributed by atoms with Gasteiger partial charge in [-0.2, -0.15) is 21.6 Å².